The molecular formula is C10H12N2O. The molecule has 0 aliphatic heterocycles. The summed E-state index contributed by atoms with van der Waals surface area (Å²) in [5.41, 5.74) is 1.43. The van der Waals surface area contributed by atoms with E-state index in [0.717, 1.165) is 11.3 Å². The molecule has 1 aliphatic rings. The third-order valence-electron chi connectivity index (χ3n) is 2.49. The molecule has 0 atom stereocenters. The second-order valence-electron chi connectivity index (χ2n) is 4.13. The summed E-state index contributed by atoms with van der Waals surface area (Å²) in [6.45, 7) is 3.74. The Morgan fingerprint density at radius 2 is 2.31 bits per heavy atom. The van der Waals surface area contributed by atoms with Gasteiger partial charge in [0.1, 0.15) is 12.0 Å². The largest absolute Gasteiger partial charge is 0.364 e. The minimum Gasteiger partial charge on any atom is -0.364 e. The molecule has 0 aromatic carbocycles. The summed E-state index contributed by atoms with van der Waals surface area (Å²) in [5, 5.41) is 12.9. The van der Waals surface area contributed by atoms with Gasteiger partial charge >= 0.3 is 0 Å². The summed E-state index contributed by atoms with van der Waals surface area (Å²) in [5.74, 6) is 0.592. The Morgan fingerprint density at radius 1 is 1.62 bits per heavy atom. The van der Waals surface area contributed by atoms with Crippen LogP contribution in [0.4, 0.5) is 0 Å². The fraction of sp³-hybridized carbons (Fsp3) is 0.600. The second-order valence-corrected chi connectivity index (χ2v) is 4.13. The first-order valence-electron chi connectivity index (χ1n) is 4.51. The maximum absolute atomic E-state index is 8.96. The van der Waals surface area contributed by atoms with Crippen LogP contribution in [-0.4, -0.2) is 5.16 Å². The number of nitrogens with zero attached hydrogens (tertiary/aromatic N) is 2. The first-order chi connectivity index (χ1) is 6.15. The van der Waals surface area contributed by atoms with Crippen molar-refractivity contribution in [1.29, 1.82) is 5.26 Å². The van der Waals surface area contributed by atoms with Crippen molar-refractivity contribution in [3.8, 4) is 6.07 Å². The predicted octanol–water partition coefficient (Wildman–Crippen LogP) is 2.35. The van der Waals surface area contributed by atoms with Crippen molar-refractivity contribution >= 4 is 0 Å². The molecule has 1 fully saturated rings. The second kappa shape index (κ2) is 2.59. The lowest BCUT2D eigenvalue weighted by Gasteiger charge is -2.12. The van der Waals surface area contributed by atoms with Gasteiger partial charge in [0, 0.05) is 5.56 Å². The van der Waals surface area contributed by atoms with E-state index in [4.69, 9.17) is 9.78 Å². The van der Waals surface area contributed by atoms with Crippen LogP contribution in [0.25, 0.3) is 0 Å². The number of aromatic nitrogens is 1. The standard InChI is InChI=1S/C10H12N2O/c1-10(2,6-11)9-8(5-13-12-9)7-3-4-7/h5,7H,3-4H2,1-2H3. The molecule has 0 spiro atoms. The topological polar surface area (TPSA) is 49.8 Å². The fourth-order valence-electron chi connectivity index (χ4n) is 1.46. The van der Waals surface area contributed by atoms with Gasteiger partial charge in [-0.1, -0.05) is 5.16 Å². The summed E-state index contributed by atoms with van der Waals surface area (Å²) >= 11 is 0. The molecule has 0 radical (unpaired) electrons. The van der Waals surface area contributed by atoms with Crippen LogP contribution in [0.1, 0.15) is 43.9 Å². The van der Waals surface area contributed by atoms with E-state index in [-0.39, 0.29) is 0 Å². The van der Waals surface area contributed by atoms with Crippen molar-refractivity contribution in [2.24, 2.45) is 0 Å². The highest BCUT2D eigenvalue weighted by Crippen LogP contribution is 2.43. The molecule has 3 heteroatoms. The van der Waals surface area contributed by atoms with E-state index in [0.29, 0.717) is 5.92 Å². The molecule has 0 unspecified atom stereocenters. The molecule has 0 N–H and O–H groups in total. The Kier molecular flexibility index (Phi) is 1.66. The van der Waals surface area contributed by atoms with E-state index in [2.05, 4.69) is 11.2 Å². The van der Waals surface area contributed by atoms with Crippen molar-refractivity contribution < 1.29 is 4.52 Å². The third kappa shape index (κ3) is 1.33. The lowest BCUT2D eigenvalue weighted by atomic mass is 9.88. The number of hydrogen-bond acceptors (Lipinski definition) is 3. The Balaban J connectivity index is 2.40. The molecule has 13 heavy (non-hydrogen) atoms. The first-order valence-corrected chi connectivity index (χ1v) is 4.51. The summed E-state index contributed by atoms with van der Waals surface area (Å²) in [7, 11) is 0. The van der Waals surface area contributed by atoms with Gasteiger partial charge in [-0.15, -0.1) is 0 Å². The van der Waals surface area contributed by atoms with Gasteiger partial charge in [0.2, 0.25) is 0 Å². The zero-order valence-electron chi connectivity index (χ0n) is 7.87. The summed E-state index contributed by atoms with van der Waals surface area (Å²) in [4.78, 5) is 0. The molecule has 1 saturated carbocycles. The maximum atomic E-state index is 8.96. The minimum atomic E-state index is -0.523. The van der Waals surface area contributed by atoms with Crippen molar-refractivity contribution in [1.82, 2.24) is 5.16 Å². The van der Waals surface area contributed by atoms with E-state index in [1.165, 1.54) is 12.8 Å². The molecule has 1 heterocycles. The van der Waals surface area contributed by atoms with Crippen molar-refractivity contribution in [3.63, 3.8) is 0 Å². The summed E-state index contributed by atoms with van der Waals surface area (Å²) < 4.78 is 4.93. The summed E-state index contributed by atoms with van der Waals surface area (Å²) in [6.07, 6.45) is 4.09. The molecule has 0 saturated heterocycles. The van der Waals surface area contributed by atoms with Crippen LogP contribution in [-0.2, 0) is 5.41 Å². The number of nitriles is 1. The van der Waals surface area contributed by atoms with Crippen molar-refractivity contribution in [2.75, 3.05) is 0 Å². The lowest BCUT2D eigenvalue weighted by Crippen LogP contribution is -2.16. The van der Waals surface area contributed by atoms with E-state index in [1.807, 2.05) is 13.8 Å². The average molecular weight is 176 g/mol. The van der Waals surface area contributed by atoms with E-state index < -0.39 is 5.41 Å². The van der Waals surface area contributed by atoms with Gasteiger partial charge in [-0.25, -0.2) is 0 Å². The molecule has 3 nitrogen and oxygen atoms in total. The highest BCUT2D eigenvalue weighted by atomic mass is 16.5. The van der Waals surface area contributed by atoms with Gasteiger partial charge in [0.25, 0.3) is 0 Å². The highest BCUT2D eigenvalue weighted by molar-refractivity contribution is 5.33. The Bertz CT molecular complexity index is 355. The van der Waals surface area contributed by atoms with E-state index in [1.54, 1.807) is 6.26 Å². The zero-order valence-corrected chi connectivity index (χ0v) is 7.87. The number of hydrogen-bond donors (Lipinski definition) is 0. The average Bonchev–Trinajstić information content (AvgIpc) is 2.83. The Labute approximate surface area is 77.3 Å². The normalized spacial score (nSPS) is 17.0. The van der Waals surface area contributed by atoms with Crippen LogP contribution in [0.5, 0.6) is 0 Å². The molecule has 1 aliphatic carbocycles. The van der Waals surface area contributed by atoms with Gasteiger partial charge in [-0.05, 0) is 32.6 Å². The van der Waals surface area contributed by atoms with Crippen LogP contribution in [0.3, 0.4) is 0 Å². The molecule has 2 rings (SSSR count). The van der Waals surface area contributed by atoms with Crippen LogP contribution < -0.4 is 0 Å². The first kappa shape index (κ1) is 8.31. The number of rotatable bonds is 2. The van der Waals surface area contributed by atoms with E-state index >= 15 is 0 Å². The van der Waals surface area contributed by atoms with Gasteiger partial charge in [0.05, 0.1) is 11.5 Å². The van der Waals surface area contributed by atoms with Gasteiger partial charge < -0.3 is 4.52 Å². The fourth-order valence-corrected chi connectivity index (χ4v) is 1.46. The molecular weight excluding hydrogens is 164 g/mol. The third-order valence-corrected chi connectivity index (χ3v) is 2.49. The monoisotopic (exact) mass is 176 g/mol. The molecule has 68 valence electrons. The minimum absolute atomic E-state index is 0.523. The molecule has 0 bridgehead atoms. The zero-order chi connectivity index (χ0) is 9.47. The SMILES string of the molecule is CC(C)(C#N)c1nocc1C1CC1. The predicted molar refractivity (Wildman–Crippen MR) is 47.1 cm³/mol. The molecule has 0 amide bonds. The quantitative estimate of drug-likeness (QED) is 0.695. The molecule has 1 aromatic heterocycles. The van der Waals surface area contributed by atoms with Crippen molar-refractivity contribution in [3.05, 3.63) is 17.5 Å². The Hall–Kier alpha value is -1.30. The smallest absolute Gasteiger partial charge is 0.127 e. The van der Waals surface area contributed by atoms with Crippen LogP contribution in [0, 0.1) is 11.3 Å². The Morgan fingerprint density at radius 3 is 2.85 bits per heavy atom. The van der Waals surface area contributed by atoms with Gasteiger partial charge in [-0.3, -0.25) is 0 Å². The van der Waals surface area contributed by atoms with Crippen LogP contribution in [0.15, 0.2) is 10.8 Å². The summed E-state index contributed by atoms with van der Waals surface area (Å²) in [6, 6.07) is 2.24. The maximum Gasteiger partial charge on any atom is 0.127 e. The van der Waals surface area contributed by atoms with E-state index in [9.17, 15) is 0 Å². The lowest BCUT2D eigenvalue weighted by molar-refractivity contribution is 0.401. The highest BCUT2D eigenvalue weighted by Gasteiger charge is 2.34. The van der Waals surface area contributed by atoms with Crippen LogP contribution in [0.2, 0.25) is 0 Å². The van der Waals surface area contributed by atoms with Crippen molar-refractivity contribution in [2.45, 2.75) is 38.0 Å². The van der Waals surface area contributed by atoms with Crippen LogP contribution >= 0.6 is 0 Å². The van der Waals surface area contributed by atoms with Gasteiger partial charge in [0.15, 0.2) is 0 Å². The van der Waals surface area contributed by atoms with Gasteiger partial charge in [-0.2, -0.15) is 5.26 Å². The molecule has 1 aromatic rings.